The SMILES string of the molecule is CC(C)(C)OC(=O)N1CC(N)C2(CC2)C1. The van der Waals surface area contributed by atoms with E-state index in [4.69, 9.17) is 10.5 Å². The summed E-state index contributed by atoms with van der Waals surface area (Å²) < 4.78 is 5.32. The van der Waals surface area contributed by atoms with Gasteiger partial charge in [-0.15, -0.1) is 0 Å². The minimum Gasteiger partial charge on any atom is -0.444 e. The molecule has 1 amide bonds. The van der Waals surface area contributed by atoms with E-state index in [2.05, 4.69) is 0 Å². The molecule has 0 radical (unpaired) electrons. The molecule has 0 aromatic rings. The summed E-state index contributed by atoms with van der Waals surface area (Å²) in [5.74, 6) is 0. The van der Waals surface area contributed by atoms with E-state index in [9.17, 15) is 4.79 Å². The molecule has 4 heteroatoms. The number of nitrogens with two attached hydrogens (primary N) is 1. The van der Waals surface area contributed by atoms with E-state index in [0.29, 0.717) is 6.54 Å². The van der Waals surface area contributed by atoms with Crippen molar-refractivity contribution in [1.82, 2.24) is 4.90 Å². The molecular formula is C11H20N2O2. The maximum atomic E-state index is 11.8. The second-order valence-electron chi connectivity index (χ2n) is 5.83. The van der Waals surface area contributed by atoms with Gasteiger partial charge in [-0.2, -0.15) is 0 Å². The van der Waals surface area contributed by atoms with Crippen LogP contribution < -0.4 is 5.73 Å². The lowest BCUT2D eigenvalue weighted by atomic mass is 10.0. The van der Waals surface area contributed by atoms with Crippen molar-refractivity contribution < 1.29 is 9.53 Å². The van der Waals surface area contributed by atoms with Crippen LogP contribution in [0.1, 0.15) is 33.6 Å². The van der Waals surface area contributed by atoms with Gasteiger partial charge in [0.05, 0.1) is 0 Å². The van der Waals surface area contributed by atoms with E-state index >= 15 is 0 Å². The average Bonchev–Trinajstić information content (AvgIpc) is 2.73. The van der Waals surface area contributed by atoms with Crippen LogP contribution in [0.4, 0.5) is 4.79 Å². The fraction of sp³-hybridized carbons (Fsp3) is 0.909. The lowest BCUT2D eigenvalue weighted by Crippen LogP contribution is -2.36. The molecule has 2 aliphatic rings. The standard InChI is InChI=1S/C11H20N2O2/c1-10(2,3)15-9(14)13-6-8(12)11(7-13)4-5-11/h8H,4-7,12H2,1-3H3. The highest BCUT2D eigenvalue weighted by atomic mass is 16.6. The molecule has 1 unspecified atom stereocenters. The molecule has 1 saturated heterocycles. The van der Waals surface area contributed by atoms with Gasteiger partial charge in [-0.3, -0.25) is 0 Å². The predicted octanol–water partition coefficient (Wildman–Crippen LogP) is 1.34. The van der Waals surface area contributed by atoms with E-state index < -0.39 is 5.60 Å². The van der Waals surface area contributed by atoms with Gasteiger partial charge in [0.15, 0.2) is 0 Å². The first-order valence-corrected chi connectivity index (χ1v) is 5.56. The number of nitrogens with zero attached hydrogens (tertiary/aromatic N) is 1. The number of hydrogen-bond donors (Lipinski definition) is 1. The third-order valence-corrected chi connectivity index (χ3v) is 3.25. The Bertz CT molecular complexity index is 279. The summed E-state index contributed by atoms with van der Waals surface area (Å²) in [5.41, 5.74) is 5.83. The number of rotatable bonds is 0. The number of carbonyl (C=O) groups excluding carboxylic acids is 1. The Morgan fingerprint density at radius 1 is 1.47 bits per heavy atom. The molecule has 0 aromatic carbocycles. The summed E-state index contributed by atoms with van der Waals surface area (Å²) in [6.45, 7) is 7.08. The first-order valence-electron chi connectivity index (χ1n) is 5.56. The van der Waals surface area contributed by atoms with Gasteiger partial charge in [-0.1, -0.05) is 0 Å². The van der Waals surface area contributed by atoms with Gasteiger partial charge in [-0.05, 0) is 33.6 Å². The Kier molecular flexibility index (Phi) is 2.23. The maximum absolute atomic E-state index is 11.8. The molecule has 0 aromatic heterocycles. The number of amides is 1. The summed E-state index contributed by atoms with van der Waals surface area (Å²) >= 11 is 0. The number of likely N-dealkylation sites (tertiary alicyclic amines) is 1. The Morgan fingerprint density at radius 3 is 2.47 bits per heavy atom. The van der Waals surface area contributed by atoms with E-state index in [-0.39, 0.29) is 17.6 Å². The molecular weight excluding hydrogens is 192 g/mol. The largest absolute Gasteiger partial charge is 0.444 e. The van der Waals surface area contributed by atoms with E-state index in [1.807, 2.05) is 20.8 Å². The molecule has 15 heavy (non-hydrogen) atoms. The second kappa shape index (κ2) is 3.11. The van der Waals surface area contributed by atoms with Gasteiger partial charge in [0.1, 0.15) is 5.60 Å². The normalized spacial score (nSPS) is 28.3. The molecule has 1 aliphatic carbocycles. The number of hydrogen-bond acceptors (Lipinski definition) is 3. The molecule has 2 rings (SSSR count). The van der Waals surface area contributed by atoms with Crippen molar-refractivity contribution in [3.8, 4) is 0 Å². The van der Waals surface area contributed by atoms with Crippen molar-refractivity contribution in [1.29, 1.82) is 0 Å². The van der Waals surface area contributed by atoms with Crippen LogP contribution in [0.5, 0.6) is 0 Å². The average molecular weight is 212 g/mol. The zero-order valence-corrected chi connectivity index (χ0v) is 9.75. The van der Waals surface area contributed by atoms with Crippen LogP contribution in [0.25, 0.3) is 0 Å². The van der Waals surface area contributed by atoms with Crippen LogP contribution in [-0.4, -0.2) is 35.7 Å². The second-order valence-corrected chi connectivity index (χ2v) is 5.83. The summed E-state index contributed by atoms with van der Waals surface area (Å²) in [5, 5.41) is 0. The van der Waals surface area contributed by atoms with Gasteiger partial charge in [0, 0.05) is 24.5 Å². The predicted molar refractivity (Wildman–Crippen MR) is 57.4 cm³/mol. The molecule has 2 fully saturated rings. The first kappa shape index (κ1) is 10.7. The Morgan fingerprint density at radius 2 is 2.07 bits per heavy atom. The molecule has 1 spiro atoms. The van der Waals surface area contributed by atoms with Crippen molar-refractivity contribution in [2.45, 2.75) is 45.3 Å². The van der Waals surface area contributed by atoms with Gasteiger partial charge in [-0.25, -0.2) is 4.79 Å². The highest BCUT2D eigenvalue weighted by molar-refractivity contribution is 5.69. The fourth-order valence-electron chi connectivity index (χ4n) is 2.15. The van der Waals surface area contributed by atoms with Crippen molar-refractivity contribution >= 4 is 6.09 Å². The first-order chi connectivity index (χ1) is 6.82. The molecule has 2 N–H and O–H groups in total. The molecule has 1 saturated carbocycles. The van der Waals surface area contributed by atoms with Crippen LogP contribution in [0.15, 0.2) is 0 Å². The minimum atomic E-state index is -0.416. The summed E-state index contributed by atoms with van der Waals surface area (Å²) in [6.07, 6.45) is 2.10. The van der Waals surface area contributed by atoms with Gasteiger partial charge < -0.3 is 15.4 Å². The lowest BCUT2D eigenvalue weighted by molar-refractivity contribution is 0.0284. The van der Waals surface area contributed by atoms with E-state index in [0.717, 1.165) is 19.4 Å². The Labute approximate surface area is 90.8 Å². The third-order valence-electron chi connectivity index (χ3n) is 3.25. The van der Waals surface area contributed by atoms with Gasteiger partial charge in [0.2, 0.25) is 0 Å². The van der Waals surface area contributed by atoms with Crippen molar-refractivity contribution in [2.24, 2.45) is 11.1 Å². The number of carbonyl (C=O) groups is 1. The van der Waals surface area contributed by atoms with Crippen molar-refractivity contribution in [3.05, 3.63) is 0 Å². The van der Waals surface area contributed by atoms with Crippen LogP contribution in [0.3, 0.4) is 0 Å². The van der Waals surface area contributed by atoms with E-state index in [1.54, 1.807) is 4.90 Å². The molecule has 1 aliphatic heterocycles. The van der Waals surface area contributed by atoms with Crippen LogP contribution in [-0.2, 0) is 4.74 Å². The van der Waals surface area contributed by atoms with Gasteiger partial charge in [0.25, 0.3) is 0 Å². The molecule has 86 valence electrons. The van der Waals surface area contributed by atoms with Crippen molar-refractivity contribution in [2.75, 3.05) is 13.1 Å². The summed E-state index contributed by atoms with van der Waals surface area (Å²) in [6, 6.07) is 0.144. The van der Waals surface area contributed by atoms with Gasteiger partial charge >= 0.3 is 6.09 Å². The van der Waals surface area contributed by atoms with Crippen molar-refractivity contribution in [3.63, 3.8) is 0 Å². The smallest absolute Gasteiger partial charge is 0.410 e. The number of ether oxygens (including phenoxy) is 1. The Balaban J connectivity index is 1.93. The monoisotopic (exact) mass is 212 g/mol. The van der Waals surface area contributed by atoms with Crippen LogP contribution in [0, 0.1) is 5.41 Å². The lowest BCUT2D eigenvalue weighted by Gasteiger charge is -2.24. The molecule has 1 heterocycles. The highest BCUT2D eigenvalue weighted by Gasteiger charge is 2.55. The summed E-state index contributed by atoms with van der Waals surface area (Å²) in [4.78, 5) is 13.5. The zero-order valence-electron chi connectivity index (χ0n) is 9.75. The van der Waals surface area contributed by atoms with Crippen LogP contribution >= 0.6 is 0 Å². The molecule has 4 nitrogen and oxygen atoms in total. The van der Waals surface area contributed by atoms with Crippen LogP contribution in [0.2, 0.25) is 0 Å². The topological polar surface area (TPSA) is 55.6 Å². The fourth-order valence-corrected chi connectivity index (χ4v) is 2.15. The molecule has 1 atom stereocenters. The Hall–Kier alpha value is -0.770. The summed E-state index contributed by atoms with van der Waals surface area (Å²) in [7, 11) is 0. The molecule has 0 bridgehead atoms. The highest BCUT2D eigenvalue weighted by Crippen LogP contribution is 2.52. The van der Waals surface area contributed by atoms with E-state index in [1.165, 1.54) is 0 Å². The maximum Gasteiger partial charge on any atom is 0.410 e. The zero-order chi connectivity index (χ0) is 11.3. The minimum absolute atomic E-state index is 0.144. The third kappa shape index (κ3) is 2.09. The quantitative estimate of drug-likeness (QED) is 0.659.